The summed E-state index contributed by atoms with van der Waals surface area (Å²) in [7, 11) is 2.18. The Labute approximate surface area is 105 Å². The summed E-state index contributed by atoms with van der Waals surface area (Å²) in [6, 6.07) is 7.27. The van der Waals surface area contributed by atoms with E-state index in [2.05, 4.69) is 18.0 Å². The molecule has 2 heterocycles. The van der Waals surface area contributed by atoms with Gasteiger partial charge in [0, 0.05) is 9.58 Å². The van der Waals surface area contributed by atoms with Gasteiger partial charge in [0.15, 0.2) is 0 Å². The van der Waals surface area contributed by atoms with Crippen LogP contribution in [0.25, 0.3) is 10.1 Å². The molecule has 0 N–H and O–H groups in total. The molecule has 1 aliphatic heterocycles. The summed E-state index contributed by atoms with van der Waals surface area (Å²) in [5.74, 6) is 0.539. The summed E-state index contributed by atoms with van der Waals surface area (Å²) in [6.07, 6.45) is 2.46. The molecule has 1 saturated heterocycles. The molecule has 0 amide bonds. The molecular weight excluding hydrogens is 233 g/mol. The molecule has 1 fully saturated rings. The van der Waals surface area contributed by atoms with Gasteiger partial charge in [-0.2, -0.15) is 0 Å². The molecule has 3 heteroatoms. The van der Waals surface area contributed by atoms with Crippen molar-refractivity contribution in [1.29, 1.82) is 0 Å². The number of rotatable bonds is 1. The molecule has 0 atom stereocenters. The normalized spacial score (nSPS) is 18.9. The lowest BCUT2D eigenvalue weighted by molar-refractivity contribution is 0.257. The minimum absolute atomic E-state index is 0.134. The molecule has 1 aliphatic rings. The van der Waals surface area contributed by atoms with E-state index in [0.717, 1.165) is 5.39 Å². The van der Waals surface area contributed by atoms with E-state index in [4.69, 9.17) is 0 Å². The van der Waals surface area contributed by atoms with Gasteiger partial charge in [0.2, 0.25) is 0 Å². The highest BCUT2D eigenvalue weighted by Gasteiger charge is 2.20. The van der Waals surface area contributed by atoms with Crippen LogP contribution >= 0.6 is 11.3 Å². The highest BCUT2D eigenvalue weighted by molar-refractivity contribution is 7.19. The molecule has 1 aromatic carbocycles. The standard InChI is InChI=1S/C14H16FNS/c1-16-6-4-10(5-7-16)14-9-11-8-12(15)2-3-13(11)17-14/h2-3,8-10H,4-7H2,1H3. The maximum atomic E-state index is 13.1. The van der Waals surface area contributed by atoms with Crippen LogP contribution in [0.2, 0.25) is 0 Å². The van der Waals surface area contributed by atoms with E-state index in [9.17, 15) is 4.39 Å². The number of piperidine rings is 1. The zero-order valence-electron chi connectivity index (χ0n) is 9.95. The van der Waals surface area contributed by atoms with Crippen molar-refractivity contribution in [2.75, 3.05) is 20.1 Å². The van der Waals surface area contributed by atoms with Crippen molar-refractivity contribution in [2.24, 2.45) is 0 Å². The van der Waals surface area contributed by atoms with Gasteiger partial charge in [0.1, 0.15) is 5.82 Å². The smallest absolute Gasteiger partial charge is 0.123 e. The third-order valence-electron chi connectivity index (χ3n) is 3.62. The van der Waals surface area contributed by atoms with Crippen molar-refractivity contribution < 1.29 is 4.39 Å². The van der Waals surface area contributed by atoms with Crippen molar-refractivity contribution in [1.82, 2.24) is 4.90 Å². The van der Waals surface area contributed by atoms with E-state index < -0.39 is 0 Å². The Bertz CT molecular complexity index is 526. The maximum Gasteiger partial charge on any atom is 0.123 e. The second kappa shape index (κ2) is 4.39. The Kier molecular flexibility index (Phi) is 2.89. The van der Waals surface area contributed by atoms with Crippen LogP contribution in [0, 0.1) is 5.82 Å². The van der Waals surface area contributed by atoms with Gasteiger partial charge in [-0.15, -0.1) is 11.3 Å². The van der Waals surface area contributed by atoms with Crippen LogP contribution < -0.4 is 0 Å². The van der Waals surface area contributed by atoms with Crippen LogP contribution in [0.4, 0.5) is 4.39 Å². The lowest BCUT2D eigenvalue weighted by Gasteiger charge is -2.28. The number of halogens is 1. The number of benzene rings is 1. The van der Waals surface area contributed by atoms with Crippen molar-refractivity contribution in [3.05, 3.63) is 35.0 Å². The summed E-state index contributed by atoms with van der Waals surface area (Å²) >= 11 is 1.83. The largest absolute Gasteiger partial charge is 0.306 e. The third kappa shape index (κ3) is 2.22. The number of hydrogen-bond acceptors (Lipinski definition) is 2. The first-order valence-electron chi connectivity index (χ1n) is 6.10. The predicted molar refractivity (Wildman–Crippen MR) is 71.3 cm³/mol. The molecule has 0 radical (unpaired) electrons. The van der Waals surface area contributed by atoms with Crippen LogP contribution in [0.1, 0.15) is 23.6 Å². The van der Waals surface area contributed by atoms with Gasteiger partial charge in [-0.25, -0.2) is 4.39 Å². The Morgan fingerprint density at radius 3 is 2.76 bits per heavy atom. The monoisotopic (exact) mass is 249 g/mol. The van der Waals surface area contributed by atoms with Gasteiger partial charge in [-0.05, 0) is 68.5 Å². The van der Waals surface area contributed by atoms with Crippen LogP contribution in [0.5, 0.6) is 0 Å². The molecule has 1 aromatic heterocycles. The maximum absolute atomic E-state index is 13.1. The molecule has 1 nitrogen and oxygen atoms in total. The van der Waals surface area contributed by atoms with Gasteiger partial charge in [-0.3, -0.25) is 0 Å². The Morgan fingerprint density at radius 1 is 1.24 bits per heavy atom. The molecule has 0 bridgehead atoms. The number of thiophene rings is 1. The Morgan fingerprint density at radius 2 is 2.00 bits per heavy atom. The summed E-state index contributed by atoms with van der Waals surface area (Å²) in [4.78, 5) is 3.81. The van der Waals surface area contributed by atoms with Crippen LogP contribution in [0.15, 0.2) is 24.3 Å². The third-order valence-corrected chi connectivity index (χ3v) is 4.90. The van der Waals surface area contributed by atoms with Crippen LogP contribution in [-0.4, -0.2) is 25.0 Å². The van der Waals surface area contributed by atoms with E-state index in [1.165, 1.54) is 35.5 Å². The van der Waals surface area contributed by atoms with E-state index in [1.807, 2.05) is 17.4 Å². The summed E-state index contributed by atoms with van der Waals surface area (Å²) in [5.41, 5.74) is 0. The molecule has 3 rings (SSSR count). The number of nitrogens with zero attached hydrogens (tertiary/aromatic N) is 1. The number of hydrogen-bond donors (Lipinski definition) is 0. The van der Waals surface area contributed by atoms with E-state index in [-0.39, 0.29) is 5.82 Å². The average molecular weight is 249 g/mol. The quantitative estimate of drug-likeness (QED) is 0.742. The highest BCUT2D eigenvalue weighted by atomic mass is 32.1. The first kappa shape index (κ1) is 11.2. The van der Waals surface area contributed by atoms with E-state index in [0.29, 0.717) is 5.92 Å². The predicted octanol–water partition coefficient (Wildman–Crippen LogP) is 3.85. The second-order valence-corrected chi connectivity index (χ2v) is 6.02. The summed E-state index contributed by atoms with van der Waals surface area (Å²) in [6.45, 7) is 2.35. The summed E-state index contributed by atoms with van der Waals surface area (Å²) < 4.78 is 14.3. The van der Waals surface area contributed by atoms with E-state index in [1.54, 1.807) is 12.1 Å². The number of fused-ring (bicyclic) bond motifs is 1. The van der Waals surface area contributed by atoms with Crippen molar-refractivity contribution >= 4 is 21.4 Å². The molecule has 90 valence electrons. The zero-order valence-corrected chi connectivity index (χ0v) is 10.8. The lowest BCUT2D eigenvalue weighted by Crippen LogP contribution is -2.28. The van der Waals surface area contributed by atoms with Crippen molar-refractivity contribution in [2.45, 2.75) is 18.8 Å². The molecule has 0 unspecified atom stereocenters. The first-order valence-corrected chi connectivity index (χ1v) is 6.91. The zero-order chi connectivity index (χ0) is 11.8. The molecule has 0 saturated carbocycles. The molecule has 2 aromatic rings. The van der Waals surface area contributed by atoms with Gasteiger partial charge in [0.25, 0.3) is 0 Å². The second-order valence-electron chi connectivity index (χ2n) is 4.91. The molecular formula is C14H16FNS. The Hall–Kier alpha value is -0.930. The minimum Gasteiger partial charge on any atom is -0.306 e. The topological polar surface area (TPSA) is 3.24 Å². The number of likely N-dealkylation sites (tertiary alicyclic amines) is 1. The first-order chi connectivity index (χ1) is 8.22. The van der Waals surface area contributed by atoms with Gasteiger partial charge in [0.05, 0.1) is 0 Å². The van der Waals surface area contributed by atoms with Gasteiger partial charge < -0.3 is 4.90 Å². The van der Waals surface area contributed by atoms with Crippen molar-refractivity contribution in [3.8, 4) is 0 Å². The molecule has 17 heavy (non-hydrogen) atoms. The Balaban J connectivity index is 1.90. The fourth-order valence-corrected chi connectivity index (χ4v) is 3.74. The van der Waals surface area contributed by atoms with Crippen LogP contribution in [-0.2, 0) is 0 Å². The summed E-state index contributed by atoms with van der Waals surface area (Å²) in [5, 5.41) is 1.06. The molecule has 0 aliphatic carbocycles. The van der Waals surface area contributed by atoms with Crippen LogP contribution in [0.3, 0.4) is 0 Å². The minimum atomic E-state index is -0.134. The van der Waals surface area contributed by atoms with Gasteiger partial charge in [-0.1, -0.05) is 0 Å². The highest BCUT2D eigenvalue weighted by Crippen LogP contribution is 2.36. The van der Waals surface area contributed by atoms with Gasteiger partial charge >= 0.3 is 0 Å². The van der Waals surface area contributed by atoms with Crippen molar-refractivity contribution in [3.63, 3.8) is 0 Å². The fraction of sp³-hybridized carbons (Fsp3) is 0.429. The SMILES string of the molecule is CN1CCC(c2cc3cc(F)ccc3s2)CC1. The molecule has 0 spiro atoms. The fourth-order valence-electron chi connectivity index (χ4n) is 2.53. The lowest BCUT2D eigenvalue weighted by atomic mass is 9.95. The average Bonchev–Trinajstić information content (AvgIpc) is 2.72. The van der Waals surface area contributed by atoms with E-state index >= 15 is 0 Å².